The molecule has 19 heavy (non-hydrogen) atoms. The van der Waals surface area contributed by atoms with Gasteiger partial charge in [0.25, 0.3) is 0 Å². The highest BCUT2D eigenvalue weighted by Crippen LogP contribution is 2.34. The first-order chi connectivity index (χ1) is 9.10. The minimum absolute atomic E-state index is 0.727. The Morgan fingerprint density at radius 3 is 2.37 bits per heavy atom. The largest absolute Gasteiger partial charge is 0.317 e. The van der Waals surface area contributed by atoms with Crippen LogP contribution in [0.5, 0.6) is 0 Å². The van der Waals surface area contributed by atoms with E-state index in [-0.39, 0.29) is 0 Å². The van der Waals surface area contributed by atoms with Crippen LogP contribution in [0.1, 0.15) is 52.4 Å². The molecular formula is C17H34N2. The van der Waals surface area contributed by atoms with Crippen LogP contribution < -0.4 is 5.32 Å². The van der Waals surface area contributed by atoms with E-state index in [0.29, 0.717) is 0 Å². The summed E-state index contributed by atoms with van der Waals surface area (Å²) in [6, 6.07) is 0.727. The van der Waals surface area contributed by atoms with Crippen LogP contribution in [-0.2, 0) is 0 Å². The van der Waals surface area contributed by atoms with Crippen molar-refractivity contribution in [3.8, 4) is 0 Å². The van der Waals surface area contributed by atoms with Crippen molar-refractivity contribution in [3.05, 3.63) is 0 Å². The lowest BCUT2D eigenvalue weighted by molar-refractivity contribution is 0.109. The van der Waals surface area contributed by atoms with Gasteiger partial charge >= 0.3 is 0 Å². The smallest absolute Gasteiger partial charge is 0.0110 e. The van der Waals surface area contributed by atoms with E-state index in [2.05, 4.69) is 38.2 Å². The summed E-state index contributed by atoms with van der Waals surface area (Å²) in [6.45, 7) is 7.50. The van der Waals surface area contributed by atoms with E-state index in [0.717, 1.165) is 29.7 Å². The Balaban J connectivity index is 1.84. The minimum atomic E-state index is 0.727. The Morgan fingerprint density at radius 1 is 1.05 bits per heavy atom. The SMILES string of the molecule is CNC1CC(C)CC(C)C1CN(C)CC1CCCC1. The van der Waals surface area contributed by atoms with Gasteiger partial charge in [0.15, 0.2) is 0 Å². The fourth-order valence-corrected chi connectivity index (χ4v) is 4.62. The lowest BCUT2D eigenvalue weighted by Crippen LogP contribution is -2.47. The molecule has 112 valence electrons. The van der Waals surface area contributed by atoms with E-state index in [4.69, 9.17) is 0 Å². The maximum Gasteiger partial charge on any atom is 0.0110 e. The fraction of sp³-hybridized carbons (Fsp3) is 1.00. The van der Waals surface area contributed by atoms with Gasteiger partial charge in [-0.25, -0.2) is 0 Å². The van der Waals surface area contributed by atoms with Gasteiger partial charge in [0.1, 0.15) is 0 Å². The van der Waals surface area contributed by atoms with Crippen LogP contribution in [0.15, 0.2) is 0 Å². The van der Waals surface area contributed by atoms with Gasteiger partial charge in [-0.2, -0.15) is 0 Å². The zero-order valence-electron chi connectivity index (χ0n) is 13.5. The van der Waals surface area contributed by atoms with Crippen LogP contribution in [-0.4, -0.2) is 38.1 Å². The summed E-state index contributed by atoms with van der Waals surface area (Å²) in [6.07, 6.45) is 8.65. The van der Waals surface area contributed by atoms with Gasteiger partial charge in [0, 0.05) is 19.1 Å². The molecule has 0 bridgehead atoms. The molecule has 0 spiro atoms. The van der Waals surface area contributed by atoms with Crippen LogP contribution >= 0.6 is 0 Å². The second kappa shape index (κ2) is 7.08. The Labute approximate surface area is 120 Å². The Morgan fingerprint density at radius 2 is 1.74 bits per heavy atom. The van der Waals surface area contributed by atoms with Gasteiger partial charge < -0.3 is 10.2 Å². The monoisotopic (exact) mass is 266 g/mol. The number of hydrogen-bond acceptors (Lipinski definition) is 2. The topological polar surface area (TPSA) is 15.3 Å². The standard InChI is InChI=1S/C17H34N2/c1-13-9-14(2)16(17(10-13)18-3)12-19(4)11-15-7-5-6-8-15/h13-18H,5-12H2,1-4H3. The first-order valence-corrected chi connectivity index (χ1v) is 8.46. The zero-order chi connectivity index (χ0) is 13.8. The molecule has 2 aliphatic carbocycles. The van der Waals surface area contributed by atoms with Crippen LogP contribution in [0.4, 0.5) is 0 Å². The van der Waals surface area contributed by atoms with Gasteiger partial charge in [0.2, 0.25) is 0 Å². The Bertz CT molecular complexity index is 260. The molecule has 0 aromatic heterocycles. The molecule has 0 aromatic carbocycles. The molecule has 2 heteroatoms. The molecule has 0 heterocycles. The van der Waals surface area contributed by atoms with Crippen molar-refractivity contribution in [3.63, 3.8) is 0 Å². The van der Waals surface area contributed by atoms with E-state index in [1.807, 2.05) is 0 Å². The molecule has 2 fully saturated rings. The third kappa shape index (κ3) is 4.19. The highest BCUT2D eigenvalue weighted by atomic mass is 15.1. The van der Waals surface area contributed by atoms with E-state index in [1.165, 1.54) is 51.6 Å². The van der Waals surface area contributed by atoms with Crippen LogP contribution in [0.25, 0.3) is 0 Å². The molecule has 0 radical (unpaired) electrons. The van der Waals surface area contributed by atoms with Gasteiger partial charge in [0.05, 0.1) is 0 Å². The lowest BCUT2D eigenvalue weighted by Gasteiger charge is -2.41. The summed E-state index contributed by atoms with van der Waals surface area (Å²) in [5.41, 5.74) is 0. The predicted molar refractivity (Wildman–Crippen MR) is 83.4 cm³/mol. The van der Waals surface area contributed by atoms with E-state index < -0.39 is 0 Å². The average molecular weight is 266 g/mol. The van der Waals surface area contributed by atoms with Crippen molar-refractivity contribution in [2.45, 2.75) is 58.4 Å². The van der Waals surface area contributed by atoms with Crippen molar-refractivity contribution in [1.82, 2.24) is 10.2 Å². The average Bonchev–Trinajstić information content (AvgIpc) is 2.85. The molecule has 0 aromatic rings. The molecule has 4 atom stereocenters. The van der Waals surface area contributed by atoms with Gasteiger partial charge in [-0.1, -0.05) is 26.7 Å². The number of nitrogens with one attached hydrogen (secondary N) is 1. The number of hydrogen-bond donors (Lipinski definition) is 1. The maximum atomic E-state index is 3.59. The molecule has 2 saturated carbocycles. The molecule has 2 nitrogen and oxygen atoms in total. The van der Waals surface area contributed by atoms with E-state index in [1.54, 1.807) is 0 Å². The summed E-state index contributed by atoms with van der Waals surface area (Å²) < 4.78 is 0. The maximum absolute atomic E-state index is 3.59. The Hall–Kier alpha value is -0.0800. The van der Waals surface area contributed by atoms with Crippen molar-refractivity contribution < 1.29 is 0 Å². The van der Waals surface area contributed by atoms with Crippen LogP contribution in [0, 0.1) is 23.7 Å². The summed E-state index contributed by atoms with van der Waals surface area (Å²) in [7, 11) is 4.50. The van der Waals surface area contributed by atoms with Crippen molar-refractivity contribution in [2.75, 3.05) is 27.2 Å². The molecule has 1 N–H and O–H groups in total. The molecule has 0 aliphatic heterocycles. The normalized spacial score (nSPS) is 37.1. The first-order valence-electron chi connectivity index (χ1n) is 8.46. The molecule has 4 unspecified atom stereocenters. The summed E-state index contributed by atoms with van der Waals surface area (Å²) >= 11 is 0. The molecule has 2 rings (SSSR count). The number of rotatable bonds is 5. The highest BCUT2D eigenvalue weighted by molar-refractivity contribution is 4.88. The van der Waals surface area contributed by atoms with Gasteiger partial charge in [-0.05, 0) is 63.5 Å². The van der Waals surface area contributed by atoms with E-state index >= 15 is 0 Å². The molecule has 0 amide bonds. The van der Waals surface area contributed by atoms with Crippen LogP contribution in [0.3, 0.4) is 0 Å². The molecule has 0 saturated heterocycles. The fourth-order valence-electron chi connectivity index (χ4n) is 4.62. The van der Waals surface area contributed by atoms with Crippen molar-refractivity contribution in [1.29, 1.82) is 0 Å². The third-order valence-electron chi connectivity index (χ3n) is 5.62. The second-order valence-electron chi connectivity index (χ2n) is 7.48. The Kier molecular flexibility index (Phi) is 5.70. The zero-order valence-corrected chi connectivity index (χ0v) is 13.5. The summed E-state index contributed by atoms with van der Waals surface area (Å²) in [4.78, 5) is 2.62. The lowest BCUT2D eigenvalue weighted by atomic mass is 9.72. The second-order valence-corrected chi connectivity index (χ2v) is 7.48. The quantitative estimate of drug-likeness (QED) is 0.820. The van der Waals surface area contributed by atoms with Crippen LogP contribution in [0.2, 0.25) is 0 Å². The van der Waals surface area contributed by atoms with Gasteiger partial charge in [-0.3, -0.25) is 0 Å². The van der Waals surface area contributed by atoms with Gasteiger partial charge in [-0.15, -0.1) is 0 Å². The molecule has 2 aliphatic rings. The summed E-state index contributed by atoms with van der Waals surface area (Å²) in [5.74, 6) is 3.58. The van der Waals surface area contributed by atoms with E-state index in [9.17, 15) is 0 Å². The van der Waals surface area contributed by atoms with Crippen molar-refractivity contribution in [2.24, 2.45) is 23.7 Å². The number of nitrogens with zero attached hydrogens (tertiary/aromatic N) is 1. The molecular weight excluding hydrogens is 232 g/mol. The predicted octanol–water partition coefficient (Wildman–Crippen LogP) is 3.38. The summed E-state index contributed by atoms with van der Waals surface area (Å²) in [5, 5.41) is 3.59. The highest BCUT2D eigenvalue weighted by Gasteiger charge is 2.33. The van der Waals surface area contributed by atoms with Crippen molar-refractivity contribution >= 4 is 0 Å². The first kappa shape index (κ1) is 15.3. The third-order valence-corrected chi connectivity index (χ3v) is 5.62. The minimum Gasteiger partial charge on any atom is -0.317 e.